The van der Waals surface area contributed by atoms with E-state index in [2.05, 4.69) is 0 Å². The molecule has 6 N–H and O–H groups in total. The Bertz CT molecular complexity index is 404. The number of carbonyl (C=O) groups excluding carboxylic acids is 1. The number of carbonyl (C=O) groups is 4. The minimum absolute atomic E-state index is 0.399. The van der Waals surface area contributed by atoms with Crippen LogP contribution in [0.15, 0.2) is 0 Å². The summed E-state index contributed by atoms with van der Waals surface area (Å²) < 4.78 is 0. The molecule has 0 radical (unpaired) electrons. The van der Waals surface area contributed by atoms with Crippen LogP contribution in [0.4, 0.5) is 0 Å². The number of hydrogen-bond donors (Lipinski definition) is 5. The number of amides is 1. The third-order valence-electron chi connectivity index (χ3n) is 3.22. The molecule has 0 saturated heterocycles. The van der Waals surface area contributed by atoms with Crippen LogP contribution in [0.5, 0.6) is 0 Å². The Hall–Kier alpha value is -2.16. The molecule has 1 saturated carbocycles. The Morgan fingerprint density at radius 3 is 1.41 bits per heavy atom. The van der Waals surface area contributed by atoms with Crippen molar-refractivity contribution in [1.82, 2.24) is 5.43 Å². The molecule has 0 spiro atoms. The van der Waals surface area contributed by atoms with Gasteiger partial charge in [-0.05, 0) is 12.8 Å². The van der Waals surface area contributed by atoms with Crippen molar-refractivity contribution in [2.45, 2.75) is 12.8 Å². The van der Waals surface area contributed by atoms with Gasteiger partial charge < -0.3 is 15.3 Å². The van der Waals surface area contributed by atoms with E-state index in [0.29, 0.717) is 0 Å². The molecule has 1 amide bonds. The van der Waals surface area contributed by atoms with Gasteiger partial charge in [-0.2, -0.15) is 0 Å². The van der Waals surface area contributed by atoms with Gasteiger partial charge >= 0.3 is 17.9 Å². The summed E-state index contributed by atoms with van der Waals surface area (Å²) in [5.74, 6) is -2.12. The number of carboxylic acids is 3. The Kier molecular flexibility index (Phi) is 2.81. The lowest BCUT2D eigenvalue weighted by atomic mass is 9.48. The van der Waals surface area contributed by atoms with Crippen LogP contribution in [-0.4, -0.2) is 39.1 Å². The summed E-state index contributed by atoms with van der Waals surface area (Å²) in [6.45, 7) is 0. The number of nitrogens with two attached hydrogens (primary N) is 1. The SMILES string of the molecule is NNC(=O)C1(C(=O)O)CCC1(C(=O)O)C(=O)O. The zero-order valence-electron chi connectivity index (χ0n) is 8.47. The molecule has 1 aliphatic rings. The van der Waals surface area contributed by atoms with E-state index in [9.17, 15) is 19.2 Å². The normalized spacial score (nSPS) is 25.5. The summed E-state index contributed by atoms with van der Waals surface area (Å²) in [5, 5.41) is 26.8. The van der Waals surface area contributed by atoms with Crippen molar-refractivity contribution < 1.29 is 34.5 Å². The van der Waals surface area contributed by atoms with E-state index in [1.54, 1.807) is 0 Å². The first-order chi connectivity index (χ1) is 7.77. The number of hydrogen-bond acceptors (Lipinski definition) is 5. The summed E-state index contributed by atoms with van der Waals surface area (Å²) in [7, 11) is 0. The molecule has 1 aliphatic carbocycles. The van der Waals surface area contributed by atoms with E-state index in [1.165, 1.54) is 5.43 Å². The van der Waals surface area contributed by atoms with E-state index in [1.807, 2.05) is 0 Å². The van der Waals surface area contributed by atoms with Gasteiger partial charge in [0.15, 0.2) is 10.8 Å². The monoisotopic (exact) mass is 246 g/mol. The average molecular weight is 246 g/mol. The lowest BCUT2D eigenvalue weighted by Gasteiger charge is -2.48. The molecule has 94 valence electrons. The maximum atomic E-state index is 11.4. The molecule has 9 heteroatoms. The highest BCUT2D eigenvalue weighted by atomic mass is 16.4. The smallest absolute Gasteiger partial charge is 0.322 e. The Balaban J connectivity index is 3.44. The van der Waals surface area contributed by atoms with E-state index in [0.717, 1.165) is 0 Å². The van der Waals surface area contributed by atoms with Crippen LogP contribution in [0, 0.1) is 10.8 Å². The fourth-order valence-electron chi connectivity index (χ4n) is 2.11. The van der Waals surface area contributed by atoms with Crippen molar-refractivity contribution in [1.29, 1.82) is 0 Å². The third kappa shape index (κ3) is 1.22. The van der Waals surface area contributed by atoms with Crippen LogP contribution in [-0.2, 0) is 19.2 Å². The van der Waals surface area contributed by atoms with Gasteiger partial charge in [-0.15, -0.1) is 0 Å². The highest BCUT2D eigenvalue weighted by molar-refractivity contribution is 6.16. The minimum Gasteiger partial charge on any atom is -0.480 e. The van der Waals surface area contributed by atoms with Crippen molar-refractivity contribution in [3.63, 3.8) is 0 Å². The van der Waals surface area contributed by atoms with Crippen LogP contribution in [0.25, 0.3) is 0 Å². The molecule has 0 bridgehead atoms. The van der Waals surface area contributed by atoms with Gasteiger partial charge in [0, 0.05) is 0 Å². The van der Waals surface area contributed by atoms with Crippen molar-refractivity contribution in [2.24, 2.45) is 16.7 Å². The predicted octanol–water partition coefficient (Wildman–Crippen LogP) is -2.00. The number of carboxylic acid groups (broad SMARTS) is 3. The van der Waals surface area contributed by atoms with Gasteiger partial charge in [-0.1, -0.05) is 0 Å². The molecule has 9 nitrogen and oxygen atoms in total. The quantitative estimate of drug-likeness (QED) is 0.164. The van der Waals surface area contributed by atoms with E-state index >= 15 is 0 Å². The molecule has 0 aromatic rings. The van der Waals surface area contributed by atoms with Crippen LogP contribution in [0.3, 0.4) is 0 Å². The van der Waals surface area contributed by atoms with Gasteiger partial charge in [0.2, 0.25) is 0 Å². The fraction of sp³-hybridized carbons (Fsp3) is 0.500. The fourth-order valence-corrected chi connectivity index (χ4v) is 2.11. The van der Waals surface area contributed by atoms with Crippen LogP contribution >= 0.6 is 0 Å². The molecular formula is C8H10N2O7. The number of aliphatic carboxylic acids is 3. The van der Waals surface area contributed by atoms with Crippen molar-refractivity contribution in [3.05, 3.63) is 0 Å². The van der Waals surface area contributed by atoms with Gasteiger partial charge in [0.1, 0.15) is 0 Å². The van der Waals surface area contributed by atoms with Crippen molar-refractivity contribution in [3.8, 4) is 0 Å². The van der Waals surface area contributed by atoms with Crippen molar-refractivity contribution >= 4 is 23.8 Å². The lowest BCUT2D eigenvalue weighted by Crippen LogP contribution is -2.70. The van der Waals surface area contributed by atoms with Crippen LogP contribution in [0.2, 0.25) is 0 Å². The summed E-state index contributed by atoms with van der Waals surface area (Å²) in [6, 6.07) is 0. The van der Waals surface area contributed by atoms with Gasteiger partial charge in [0.25, 0.3) is 5.91 Å². The zero-order valence-corrected chi connectivity index (χ0v) is 8.47. The molecule has 1 unspecified atom stereocenters. The van der Waals surface area contributed by atoms with E-state index in [4.69, 9.17) is 21.2 Å². The summed E-state index contributed by atoms with van der Waals surface area (Å²) in [4.78, 5) is 44.6. The maximum absolute atomic E-state index is 11.4. The van der Waals surface area contributed by atoms with Crippen LogP contribution in [0.1, 0.15) is 12.8 Å². The molecule has 17 heavy (non-hydrogen) atoms. The summed E-state index contributed by atoms with van der Waals surface area (Å²) >= 11 is 0. The third-order valence-corrected chi connectivity index (χ3v) is 3.22. The van der Waals surface area contributed by atoms with Gasteiger partial charge in [-0.3, -0.25) is 24.6 Å². The highest BCUT2D eigenvalue weighted by Gasteiger charge is 2.77. The highest BCUT2D eigenvalue weighted by Crippen LogP contribution is 2.57. The molecule has 1 atom stereocenters. The van der Waals surface area contributed by atoms with E-state index < -0.39 is 47.5 Å². The average Bonchev–Trinajstić information content (AvgIpc) is 2.14. The number of rotatable bonds is 4. The Labute approximate surface area is 94.2 Å². The first-order valence-electron chi connectivity index (χ1n) is 4.48. The molecule has 1 rings (SSSR count). The zero-order chi connectivity index (χ0) is 13.4. The van der Waals surface area contributed by atoms with Gasteiger partial charge in [-0.25, -0.2) is 5.84 Å². The van der Waals surface area contributed by atoms with Gasteiger partial charge in [0.05, 0.1) is 0 Å². The first-order valence-corrected chi connectivity index (χ1v) is 4.48. The molecule has 0 aliphatic heterocycles. The summed E-state index contributed by atoms with van der Waals surface area (Å²) in [5.41, 5.74) is -3.74. The largest absolute Gasteiger partial charge is 0.480 e. The van der Waals surface area contributed by atoms with E-state index in [-0.39, 0.29) is 0 Å². The standard InChI is InChI=1S/C8H10N2O7/c9-10-3(11)7(4(12)13)1-2-8(7,5(14)15)6(16)17/h1-2,9H2,(H,10,11)(H,12,13)(H,14,15)(H,16,17). The molecule has 0 aromatic carbocycles. The second-order valence-electron chi connectivity index (χ2n) is 3.70. The molecule has 1 fully saturated rings. The molecule has 0 aromatic heterocycles. The predicted molar refractivity (Wildman–Crippen MR) is 49.3 cm³/mol. The van der Waals surface area contributed by atoms with Crippen molar-refractivity contribution in [2.75, 3.05) is 0 Å². The maximum Gasteiger partial charge on any atom is 0.322 e. The summed E-state index contributed by atoms with van der Waals surface area (Å²) in [6.07, 6.45) is -0.846. The Morgan fingerprint density at radius 2 is 1.24 bits per heavy atom. The van der Waals surface area contributed by atoms with Crippen LogP contribution < -0.4 is 11.3 Å². The minimum atomic E-state index is -2.68. The lowest BCUT2D eigenvalue weighted by molar-refractivity contribution is -0.205. The topological polar surface area (TPSA) is 167 Å². The molecular weight excluding hydrogens is 236 g/mol. The Morgan fingerprint density at radius 1 is 0.882 bits per heavy atom. The number of nitrogens with one attached hydrogen (secondary N) is 1. The number of hydrazine groups is 1. The first kappa shape index (κ1) is 12.9. The molecule has 0 heterocycles. The second kappa shape index (κ2) is 3.70. The second-order valence-corrected chi connectivity index (χ2v) is 3.70.